The lowest BCUT2D eigenvalue weighted by Gasteiger charge is -2.30. The summed E-state index contributed by atoms with van der Waals surface area (Å²) in [6.07, 6.45) is -0.619. The van der Waals surface area contributed by atoms with Crippen molar-refractivity contribution in [2.24, 2.45) is 5.92 Å². The second kappa shape index (κ2) is 7.21. The first-order chi connectivity index (χ1) is 12.3. The third-order valence-electron chi connectivity index (χ3n) is 4.30. The van der Waals surface area contributed by atoms with Crippen LogP contribution in [0, 0.1) is 5.92 Å². The molecule has 1 aromatic heterocycles. The molecule has 2 atom stereocenters. The molecule has 0 amide bonds. The van der Waals surface area contributed by atoms with E-state index >= 15 is 0 Å². The van der Waals surface area contributed by atoms with Crippen molar-refractivity contribution in [3.05, 3.63) is 54.1 Å². The zero-order chi connectivity index (χ0) is 18.9. The van der Waals surface area contributed by atoms with Gasteiger partial charge in [0.05, 0.1) is 11.6 Å². The number of hydrogen-bond acceptors (Lipinski definition) is 4. The number of aliphatic hydroxyl groups is 1. The molecule has 26 heavy (non-hydrogen) atoms. The molecule has 0 radical (unpaired) electrons. The zero-order valence-electron chi connectivity index (χ0n) is 16.0. The Morgan fingerprint density at radius 3 is 2.35 bits per heavy atom. The maximum Gasteiger partial charge on any atom is 0.242 e. The Kier molecular flexibility index (Phi) is 5.16. The van der Waals surface area contributed by atoms with Gasteiger partial charge in [-0.1, -0.05) is 49.4 Å². The quantitative estimate of drug-likeness (QED) is 0.660. The number of aromatic nitrogens is 3. The summed E-state index contributed by atoms with van der Waals surface area (Å²) in [6.45, 7) is 10.5. The van der Waals surface area contributed by atoms with Crippen molar-refractivity contribution >= 4 is 19.4 Å². The summed E-state index contributed by atoms with van der Waals surface area (Å²) >= 11 is 0. The van der Waals surface area contributed by atoms with Crippen molar-refractivity contribution in [2.75, 3.05) is 0 Å². The summed E-state index contributed by atoms with van der Waals surface area (Å²) in [6, 6.07) is 15.4. The van der Waals surface area contributed by atoms with Crippen molar-refractivity contribution < 1.29 is 9.53 Å². The summed E-state index contributed by atoms with van der Waals surface area (Å²) in [5.41, 5.74) is 2.66. The van der Waals surface area contributed by atoms with E-state index in [4.69, 9.17) is 4.43 Å². The Labute approximate surface area is 155 Å². The molecule has 138 valence electrons. The lowest BCUT2D eigenvalue weighted by molar-refractivity contribution is 0.0806. The SMILES string of the molecule is CC(C)C(O)C(c1ccccc1O[Si](C)(C)C)n1nnc2ccccc21. The first kappa shape index (κ1) is 18.6. The Morgan fingerprint density at radius 2 is 1.65 bits per heavy atom. The number of fused-ring (bicyclic) bond motifs is 1. The maximum absolute atomic E-state index is 11.1. The average molecular weight is 370 g/mol. The Bertz CT molecular complexity index is 886. The number of para-hydroxylation sites is 2. The fraction of sp³-hybridized carbons (Fsp3) is 0.400. The molecular weight excluding hydrogens is 342 g/mol. The summed E-state index contributed by atoms with van der Waals surface area (Å²) < 4.78 is 8.15. The zero-order valence-corrected chi connectivity index (χ0v) is 17.0. The van der Waals surface area contributed by atoms with Crippen molar-refractivity contribution in [3.8, 4) is 5.75 Å². The van der Waals surface area contributed by atoms with Crippen LogP contribution in [0.25, 0.3) is 11.0 Å². The van der Waals surface area contributed by atoms with Crippen molar-refractivity contribution in [3.63, 3.8) is 0 Å². The topological polar surface area (TPSA) is 60.2 Å². The molecule has 5 nitrogen and oxygen atoms in total. The van der Waals surface area contributed by atoms with Gasteiger partial charge in [0, 0.05) is 5.56 Å². The molecule has 0 saturated heterocycles. The minimum atomic E-state index is -1.80. The third kappa shape index (κ3) is 3.81. The lowest BCUT2D eigenvalue weighted by Crippen LogP contribution is -2.33. The fourth-order valence-electron chi connectivity index (χ4n) is 3.07. The van der Waals surface area contributed by atoms with Crippen molar-refractivity contribution in [1.29, 1.82) is 0 Å². The third-order valence-corrected chi connectivity index (χ3v) is 5.13. The summed E-state index contributed by atoms with van der Waals surface area (Å²) in [5, 5.41) is 19.7. The van der Waals surface area contributed by atoms with Gasteiger partial charge in [-0.25, -0.2) is 4.68 Å². The Morgan fingerprint density at radius 1 is 1.00 bits per heavy atom. The summed E-state index contributed by atoms with van der Waals surface area (Å²) in [7, 11) is -1.80. The summed E-state index contributed by atoms with van der Waals surface area (Å²) in [4.78, 5) is 0. The van der Waals surface area contributed by atoms with E-state index in [2.05, 4.69) is 30.0 Å². The molecule has 0 spiro atoms. The van der Waals surface area contributed by atoms with E-state index in [9.17, 15) is 5.11 Å². The highest BCUT2D eigenvalue weighted by molar-refractivity contribution is 6.70. The molecule has 3 rings (SSSR count). The molecule has 1 heterocycles. The molecular formula is C20H27N3O2Si. The van der Waals surface area contributed by atoms with Crippen LogP contribution >= 0.6 is 0 Å². The molecule has 0 aliphatic rings. The monoisotopic (exact) mass is 369 g/mol. The average Bonchev–Trinajstić information content (AvgIpc) is 2.99. The normalized spacial score (nSPS) is 14.6. The maximum atomic E-state index is 11.1. The highest BCUT2D eigenvalue weighted by Gasteiger charge is 2.31. The molecule has 0 aliphatic carbocycles. The van der Waals surface area contributed by atoms with Gasteiger partial charge < -0.3 is 9.53 Å². The van der Waals surface area contributed by atoms with Crippen LogP contribution < -0.4 is 4.43 Å². The molecule has 3 aromatic rings. The van der Waals surface area contributed by atoms with E-state index in [1.54, 1.807) is 0 Å². The van der Waals surface area contributed by atoms with Crippen LogP contribution in [0.3, 0.4) is 0 Å². The van der Waals surface area contributed by atoms with Crippen LogP contribution in [0.2, 0.25) is 19.6 Å². The van der Waals surface area contributed by atoms with Gasteiger partial charge in [-0.3, -0.25) is 0 Å². The highest BCUT2D eigenvalue weighted by Crippen LogP contribution is 2.35. The highest BCUT2D eigenvalue weighted by atomic mass is 28.4. The second-order valence-corrected chi connectivity index (χ2v) is 12.4. The van der Waals surface area contributed by atoms with Crippen LogP contribution in [-0.4, -0.2) is 34.5 Å². The van der Waals surface area contributed by atoms with Crippen molar-refractivity contribution in [1.82, 2.24) is 15.0 Å². The molecule has 2 unspecified atom stereocenters. The molecule has 2 aromatic carbocycles. The standard InChI is InChI=1S/C20H27N3O2Si/c1-14(2)20(24)19(23-17-12-8-7-11-16(17)21-22-23)15-10-6-9-13-18(15)25-26(3,4)5/h6-14,19-20,24H,1-5H3. The first-order valence-electron chi connectivity index (χ1n) is 9.04. The van der Waals surface area contributed by atoms with Gasteiger partial charge in [0.15, 0.2) is 0 Å². The molecule has 0 fully saturated rings. The molecule has 0 bridgehead atoms. The van der Waals surface area contributed by atoms with Gasteiger partial charge in [-0.2, -0.15) is 0 Å². The van der Waals surface area contributed by atoms with Gasteiger partial charge in [0.25, 0.3) is 0 Å². The van der Waals surface area contributed by atoms with Crippen LogP contribution in [0.15, 0.2) is 48.5 Å². The van der Waals surface area contributed by atoms with Crippen LogP contribution in [0.5, 0.6) is 5.75 Å². The lowest BCUT2D eigenvalue weighted by atomic mass is 9.93. The van der Waals surface area contributed by atoms with Crippen LogP contribution in [0.4, 0.5) is 0 Å². The van der Waals surface area contributed by atoms with Gasteiger partial charge >= 0.3 is 0 Å². The van der Waals surface area contributed by atoms with E-state index in [1.165, 1.54) is 0 Å². The number of nitrogens with zero attached hydrogens (tertiary/aromatic N) is 3. The number of hydrogen-bond donors (Lipinski definition) is 1. The van der Waals surface area contributed by atoms with E-state index in [-0.39, 0.29) is 12.0 Å². The Balaban J connectivity index is 2.18. The van der Waals surface area contributed by atoms with E-state index < -0.39 is 14.4 Å². The van der Waals surface area contributed by atoms with Crippen molar-refractivity contribution in [2.45, 2.75) is 45.6 Å². The van der Waals surface area contributed by atoms with E-state index in [0.717, 1.165) is 22.3 Å². The number of benzene rings is 2. The molecule has 0 saturated carbocycles. The predicted molar refractivity (Wildman–Crippen MR) is 107 cm³/mol. The van der Waals surface area contributed by atoms with Gasteiger partial charge in [0.1, 0.15) is 17.3 Å². The minimum Gasteiger partial charge on any atom is -0.544 e. The molecule has 0 aliphatic heterocycles. The van der Waals surface area contributed by atoms with E-state index in [0.29, 0.717) is 0 Å². The summed E-state index contributed by atoms with van der Waals surface area (Å²) in [5.74, 6) is 0.874. The number of rotatable bonds is 6. The molecule has 6 heteroatoms. The predicted octanol–water partition coefficient (Wildman–Crippen LogP) is 4.25. The molecule has 1 N–H and O–H groups in total. The largest absolute Gasteiger partial charge is 0.544 e. The minimum absolute atomic E-state index is 0.0582. The van der Waals surface area contributed by atoms with E-state index in [1.807, 2.05) is 67.1 Å². The number of aliphatic hydroxyl groups excluding tert-OH is 1. The van der Waals surface area contributed by atoms with Gasteiger partial charge in [-0.15, -0.1) is 5.10 Å². The fourth-order valence-corrected chi connectivity index (χ4v) is 3.91. The van der Waals surface area contributed by atoms with Gasteiger partial charge in [-0.05, 0) is 43.8 Å². The Hall–Kier alpha value is -2.18. The smallest absolute Gasteiger partial charge is 0.242 e. The van der Waals surface area contributed by atoms with Crippen LogP contribution in [-0.2, 0) is 0 Å². The van der Waals surface area contributed by atoms with Crippen LogP contribution in [0.1, 0.15) is 25.5 Å². The second-order valence-electron chi connectivity index (χ2n) is 7.95. The van der Waals surface area contributed by atoms with Gasteiger partial charge in [0.2, 0.25) is 8.32 Å². The first-order valence-corrected chi connectivity index (χ1v) is 12.4.